The molecule has 1 aliphatic heterocycles. The Hall–Kier alpha value is -0.930. The highest BCUT2D eigenvalue weighted by Gasteiger charge is 2.09. The molecule has 0 aliphatic carbocycles. The third-order valence-corrected chi connectivity index (χ3v) is 4.51. The van der Waals surface area contributed by atoms with E-state index in [1.807, 2.05) is 12.1 Å². The molecule has 1 heterocycles. The van der Waals surface area contributed by atoms with Gasteiger partial charge in [-0.25, -0.2) is 4.39 Å². The van der Waals surface area contributed by atoms with Gasteiger partial charge in [0, 0.05) is 6.54 Å². The molecule has 22 heavy (non-hydrogen) atoms. The van der Waals surface area contributed by atoms with Crippen LogP contribution in [0.25, 0.3) is 0 Å². The summed E-state index contributed by atoms with van der Waals surface area (Å²) in [7, 11) is 0. The molecule has 123 valence electrons. The van der Waals surface area contributed by atoms with Crippen molar-refractivity contribution in [1.82, 2.24) is 9.80 Å². The quantitative estimate of drug-likeness (QED) is 0.633. The predicted octanol–water partition coefficient (Wildman–Crippen LogP) is 4.12. The molecule has 0 aromatic heterocycles. The zero-order valence-electron chi connectivity index (χ0n) is 13.9. The topological polar surface area (TPSA) is 6.48 Å². The maximum Gasteiger partial charge on any atom is 0.123 e. The normalized spacial score (nSPS) is 16.3. The largest absolute Gasteiger partial charge is 0.303 e. The zero-order valence-corrected chi connectivity index (χ0v) is 13.9. The van der Waals surface area contributed by atoms with E-state index in [9.17, 15) is 4.39 Å². The van der Waals surface area contributed by atoms with Crippen LogP contribution < -0.4 is 0 Å². The van der Waals surface area contributed by atoms with Crippen molar-refractivity contribution in [3.63, 3.8) is 0 Å². The molecule has 0 bridgehead atoms. The SMILES string of the molecule is CCN(CCCCCN1CC[CH]CC1)Cc1ccc(F)cc1. The lowest BCUT2D eigenvalue weighted by molar-refractivity contribution is 0.240. The van der Waals surface area contributed by atoms with E-state index < -0.39 is 0 Å². The van der Waals surface area contributed by atoms with E-state index in [-0.39, 0.29) is 5.82 Å². The summed E-state index contributed by atoms with van der Waals surface area (Å²) in [6, 6.07) is 6.90. The molecule has 2 nitrogen and oxygen atoms in total. The Bertz CT molecular complexity index is 398. The first-order chi connectivity index (χ1) is 10.8. The van der Waals surface area contributed by atoms with Gasteiger partial charge in [0.15, 0.2) is 0 Å². The Morgan fingerprint density at radius 1 is 1.05 bits per heavy atom. The molecule has 0 atom stereocenters. The molecule has 1 radical (unpaired) electrons. The van der Waals surface area contributed by atoms with E-state index in [0.29, 0.717) is 0 Å². The summed E-state index contributed by atoms with van der Waals surface area (Å²) in [6.45, 7) is 9.10. The van der Waals surface area contributed by atoms with Gasteiger partial charge in [0.05, 0.1) is 0 Å². The fraction of sp³-hybridized carbons (Fsp3) is 0.632. The van der Waals surface area contributed by atoms with Crippen LogP contribution in [0.1, 0.15) is 44.6 Å². The summed E-state index contributed by atoms with van der Waals surface area (Å²) in [4.78, 5) is 5.04. The molecule has 0 amide bonds. The zero-order chi connectivity index (χ0) is 15.6. The monoisotopic (exact) mass is 305 g/mol. The maximum atomic E-state index is 12.9. The highest BCUT2D eigenvalue weighted by molar-refractivity contribution is 5.15. The molecule has 1 aromatic carbocycles. The molecule has 0 spiro atoms. The van der Waals surface area contributed by atoms with Crippen LogP contribution in [0.3, 0.4) is 0 Å². The van der Waals surface area contributed by atoms with Gasteiger partial charge in [0.1, 0.15) is 5.82 Å². The van der Waals surface area contributed by atoms with Gasteiger partial charge in [-0.1, -0.05) is 25.5 Å². The molecule has 1 aromatic rings. The van der Waals surface area contributed by atoms with E-state index in [2.05, 4.69) is 23.1 Å². The fourth-order valence-electron chi connectivity index (χ4n) is 3.07. The van der Waals surface area contributed by atoms with Gasteiger partial charge in [-0.2, -0.15) is 0 Å². The standard InChI is InChI=1S/C19H30FN2/c1-2-21(17-18-9-11-19(20)12-10-18)13-5-3-6-14-22-15-7-4-8-16-22/h4,9-12H,2-3,5-8,13-17H2,1H3. The number of nitrogens with zero attached hydrogens (tertiary/aromatic N) is 2. The van der Waals surface area contributed by atoms with Gasteiger partial charge in [-0.3, -0.25) is 4.90 Å². The average molecular weight is 305 g/mol. The van der Waals surface area contributed by atoms with Gasteiger partial charge in [0.2, 0.25) is 0 Å². The van der Waals surface area contributed by atoms with Gasteiger partial charge < -0.3 is 4.90 Å². The minimum atomic E-state index is -0.151. The molecule has 1 fully saturated rings. The first-order valence-electron chi connectivity index (χ1n) is 8.78. The summed E-state index contributed by atoms with van der Waals surface area (Å²) in [6.07, 6.45) is 8.82. The number of unbranched alkanes of at least 4 members (excludes halogenated alkanes) is 2. The number of benzene rings is 1. The number of halogens is 1. The minimum absolute atomic E-state index is 0.151. The number of hydrogen-bond acceptors (Lipinski definition) is 2. The number of rotatable bonds is 9. The molecule has 1 aliphatic rings. The first kappa shape index (κ1) is 17.4. The Morgan fingerprint density at radius 3 is 2.45 bits per heavy atom. The van der Waals surface area contributed by atoms with Crippen molar-refractivity contribution in [1.29, 1.82) is 0 Å². The summed E-state index contributed by atoms with van der Waals surface area (Å²) in [5.41, 5.74) is 1.20. The summed E-state index contributed by atoms with van der Waals surface area (Å²) in [5, 5.41) is 0. The van der Waals surface area contributed by atoms with Gasteiger partial charge in [-0.15, -0.1) is 0 Å². The fourth-order valence-corrected chi connectivity index (χ4v) is 3.07. The number of hydrogen-bond donors (Lipinski definition) is 0. The van der Waals surface area contributed by atoms with Crippen molar-refractivity contribution in [3.8, 4) is 0 Å². The third kappa shape index (κ3) is 6.45. The highest BCUT2D eigenvalue weighted by atomic mass is 19.1. The van der Waals surface area contributed by atoms with Crippen LogP contribution >= 0.6 is 0 Å². The second kappa shape index (κ2) is 9.96. The minimum Gasteiger partial charge on any atom is -0.303 e. The van der Waals surface area contributed by atoms with Crippen LogP contribution in [0.4, 0.5) is 4.39 Å². The van der Waals surface area contributed by atoms with Crippen LogP contribution in [0.15, 0.2) is 24.3 Å². The van der Waals surface area contributed by atoms with E-state index >= 15 is 0 Å². The number of likely N-dealkylation sites (tertiary alicyclic amines) is 1. The molecule has 2 rings (SSSR count). The predicted molar refractivity (Wildman–Crippen MR) is 91.2 cm³/mol. The van der Waals surface area contributed by atoms with Crippen molar-refractivity contribution < 1.29 is 4.39 Å². The van der Waals surface area contributed by atoms with E-state index in [4.69, 9.17) is 0 Å². The molecular weight excluding hydrogens is 275 g/mol. The molecule has 3 heteroatoms. The van der Waals surface area contributed by atoms with Gasteiger partial charge in [0.25, 0.3) is 0 Å². The summed E-state index contributed by atoms with van der Waals surface area (Å²) < 4.78 is 12.9. The molecule has 0 N–H and O–H groups in total. The van der Waals surface area contributed by atoms with Crippen LogP contribution in [0.5, 0.6) is 0 Å². The maximum absolute atomic E-state index is 12.9. The van der Waals surface area contributed by atoms with Crippen molar-refractivity contribution >= 4 is 0 Å². The Kier molecular flexibility index (Phi) is 7.89. The first-order valence-corrected chi connectivity index (χ1v) is 8.78. The Morgan fingerprint density at radius 2 is 1.77 bits per heavy atom. The molecule has 0 saturated carbocycles. The molecule has 1 saturated heterocycles. The van der Waals surface area contributed by atoms with Crippen LogP contribution in [0, 0.1) is 12.2 Å². The van der Waals surface area contributed by atoms with Crippen LogP contribution in [-0.2, 0) is 6.54 Å². The van der Waals surface area contributed by atoms with Gasteiger partial charge in [-0.05, 0) is 82.5 Å². The lowest BCUT2D eigenvalue weighted by Crippen LogP contribution is -2.31. The van der Waals surface area contributed by atoms with Crippen LogP contribution in [-0.4, -0.2) is 42.5 Å². The van der Waals surface area contributed by atoms with E-state index in [0.717, 1.165) is 19.6 Å². The van der Waals surface area contributed by atoms with E-state index in [1.54, 1.807) is 12.1 Å². The Balaban J connectivity index is 1.58. The Labute approximate surface area is 135 Å². The summed E-state index contributed by atoms with van der Waals surface area (Å²) in [5.74, 6) is -0.151. The van der Waals surface area contributed by atoms with Gasteiger partial charge >= 0.3 is 0 Å². The lowest BCUT2D eigenvalue weighted by atomic mass is 10.1. The third-order valence-electron chi connectivity index (χ3n) is 4.51. The molecule has 0 unspecified atom stereocenters. The average Bonchev–Trinajstić information content (AvgIpc) is 2.56. The van der Waals surface area contributed by atoms with Crippen molar-refractivity contribution in [2.45, 2.75) is 45.6 Å². The van der Waals surface area contributed by atoms with Crippen molar-refractivity contribution in [2.24, 2.45) is 0 Å². The van der Waals surface area contributed by atoms with E-state index in [1.165, 1.54) is 57.3 Å². The number of piperidine rings is 1. The highest BCUT2D eigenvalue weighted by Crippen LogP contribution is 2.11. The smallest absolute Gasteiger partial charge is 0.123 e. The second-order valence-corrected chi connectivity index (χ2v) is 6.26. The van der Waals surface area contributed by atoms with Crippen molar-refractivity contribution in [2.75, 3.05) is 32.7 Å². The van der Waals surface area contributed by atoms with Crippen LogP contribution in [0.2, 0.25) is 0 Å². The lowest BCUT2D eigenvalue weighted by Gasteiger charge is -2.26. The second-order valence-electron chi connectivity index (χ2n) is 6.26. The summed E-state index contributed by atoms with van der Waals surface area (Å²) >= 11 is 0. The molecular formula is C19H30FN2. The van der Waals surface area contributed by atoms with Crippen molar-refractivity contribution in [3.05, 3.63) is 42.1 Å².